The van der Waals surface area contributed by atoms with Gasteiger partial charge in [-0.15, -0.1) is 0 Å². The molecule has 6 heteroatoms. The topological polar surface area (TPSA) is 71.8 Å². The molecule has 2 aromatic carbocycles. The van der Waals surface area contributed by atoms with Gasteiger partial charge in [-0.1, -0.05) is 23.8 Å². The molecule has 1 amide bonds. The van der Waals surface area contributed by atoms with Crippen molar-refractivity contribution in [3.05, 3.63) is 75.6 Å². The summed E-state index contributed by atoms with van der Waals surface area (Å²) in [6.45, 7) is 4.34. The van der Waals surface area contributed by atoms with Crippen LogP contribution in [0.25, 0.3) is 11.0 Å². The van der Waals surface area contributed by atoms with Crippen LogP contribution in [0.15, 0.2) is 57.7 Å². The zero-order chi connectivity index (χ0) is 21.1. The van der Waals surface area contributed by atoms with E-state index in [1.807, 2.05) is 37.3 Å². The highest BCUT2D eigenvalue weighted by Crippen LogP contribution is 2.26. The minimum Gasteiger partial charge on any atom is -0.497 e. The number of fused-ring (bicyclic) bond motifs is 1. The van der Waals surface area contributed by atoms with Crippen molar-refractivity contribution in [3.63, 3.8) is 0 Å². The van der Waals surface area contributed by atoms with Crippen LogP contribution in [-0.2, 0) is 0 Å². The number of nitrogens with one attached hydrogen (secondary N) is 1. The molecule has 6 nitrogen and oxygen atoms in total. The Hall–Kier alpha value is -3.12. The van der Waals surface area contributed by atoms with E-state index in [4.69, 9.17) is 9.15 Å². The number of amides is 1. The van der Waals surface area contributed by atoms with Crippen LogP contribution in [-0.4, -0.2) is 37.6 Å². The van der Waals surface area contributed by atoms with Crippen molar-refractivity contribution in [2.75, 3.05) is 26.7 Å². The van der Waals surface area contributed by atoms with Gasteiger partial charge >= 0.3 is 0 Å². The van der Waals surface area contributed by atoms with Crippen LogP contribution >= 0.6 is 0 Å². The molecular formula is C24H26N2O4. The van der Waals surface area contributed by atoms with E-state index in [0.717, 1.165) is 42.8 Å². The number of carbonyl (C=O) groups excluding carboxylic acids is 1. The van der Waals surface area contributed by atoms with Crippen molar-refractivity contribution in [2.45, 2.75) is 25.8 Å². The molecule has 2 heterocycles. The standard InChI is InChI=1S/C24H26N2O4/c1-16-5-10-22-19(13-16)21(27)14-23(30-22)24(28)25-15-20(26-11-3-4-12-26)17-6-8-18(29-2)9-7-17/h5-10,13-14,20H,3-4,11-12,15H2,1-2H3,(H,25,28)/t20-/m0/s1. The molecule has 0 unspecified atom stereocenters. The van der Waals surface area contributed by atoms with Gasteiger partial charge in [-0.3, -0.25) is 14.5 Å². The first-order valence-corrected chi connectivity index (χ1v) is 10.3. The lowest BCUT2D eigenvalue weighted by Gasteiger charge is -2.28. The van der Waals surface area contributed by atoms with E-state index in [1.165, 1.54) is 6.07 Å². The summed E-state index contributed by atoms with van der Waals surface area (Å²) < 4.78 is 11.0. The molecule has 156 valence electrons. The van der Waals surface area contributed by atoms with Crippen LogP contribution in [0.1, 0.15) is 40.6 Å². The zero-order valence-electron chi connectivity index (χ0n) is 17.3. The fourth-order valence-corrected chi connectivity index (χ4v) is 4.00. The third kappa shape index (κ3) is 4.24. The van der Waals surface area contributed by atoms with Crippen LogP contribution in [0.2, 0.25) is 0 Å². The molecule has 1 aliphatic heterocycles. The lowest BCUT2D eigenvalue weighted by atomic mass is 10.1. The van der Waals surface area contributed by atoms with Crippen molar-refractivity contribution in [3.8, 4) is 5.75 Å². The highest BCUT2D eigenvalue weighted by molar-refractivity contribution is 5.93. The summed E-state index contributed by atoms with van der Waals surface area (Å²) in [4.78, 5) is 27.6. The smallest absolute Gasteiger partial charge is 0.287 e. The number of aryl methyl sites for hydroxylation is 1. The van der Waals surface area contributed by atoms with Crippen molar-refractivity contribution >= 4 is 16.9 Å². The highest BCUT2D eigenvalue weighted by atomic mass is 16.5. The Morgan fingerprint density at radius 1 is 1.13 bits per heavy atom. The monoisotopic (exact) mass is 406 g/mol. The predicted molar refractivity (Wildman–Crippen MR) is 116 cm³/mol. The molecule has 0 aliphatic carbocycles. The average molecular weight is 406 g/mol. The Morgan fingerprint density at radius 2 is 1.87 bits per heavy atom. The van der Waals surface area contributed by atoms with E-state index in [-0.39, 0.29) is 23.1 Å². The third-order valence-corrected chi connectivity index (χ3v) is 5.64. The first kappa shape index (κ1) is 20.2. The van der Waals surface area contributed by atoms with Gasteiger partial charge < -0.3 is 14.5 Å². The Kier molecular flexibility index (Phi) is 5.86. The van der Waals surface area contributed by atoms with Crippen molar-refractivity contribution in [1.29, 1.82) is 0 Å². The molecule has 1 atom stereocenters. The summed E-state index contributed by atoms with van der Waals surface area (Å²) in [5.74, 6) is 0.453. The summed E-state index contributed by atoms with van der Waals surface area (Å²) in [7, 11) is 1.64. The Labute approximate surface area is 175 Å². The number of hydrogen-bond donors (Lipinski definition) is 1. The Bertz CT molecular complexity index is 1100. The van der Waals surface area contributed by atoms with E-state index in [1.54, 1.807) is 19.2 Å². The molecule has 1 aromatic heterocycles. The lowest BCUT2D eigenvalue weighted by molar-refractivity contribution is 0.0910. The van der Waals surface area contributed by atoms with Gasteiger partial charge in [0, 0.05) is 12.6 Å². The molecule has 0 saturated carbocycles. The number of nitrogens with zero attached hydrogens (tertiary/aromatic N) is 1. The molecular weight excluding hydrogens is 380 g/mol. The first-order chi connectivity index (χ1) is 14.5. The number of benzene rings is 2. The summed E-state index contributed by atoms with van der Waals surface area (Å²) in [5, 5.41) is 3.45. The maximum absolute atomic E-state index is 12.8. The van der Waals surface area contributed by atoms with Crippen LogP contribution in [0.3, 0.4) is 0 Å². The number of hydrogen-bond acceptors (Lipinski definition) is 5. The molecule has 0 spiro atoms. The average Bonchev–Trinajstić information content (AvgIpc) is 3.29. The number of rotatable bonds is 6. The predicted octanol–water partition coefficient (Wildman–Crippen LogP) is 3.68. The number of likely N-dealkylation sites (tertiary alicyclic amines) is 1. The second-order valence-electron chi connectivity index (χ2n) is 7.72. The normalized spacial score (nSPS) is 15.3. The summed E-state index contributed by atoms with van der Waals surface area (Å²) >= 11 is 0. The second-order valence-corrected chi connectivity index (χ2v) is 7.72. The lowest BCUT2D eigenvalue weighted by Crippen LogP contribution is -2.37. The van der Waals surface area contributed by atoms with Gasteiger partial charge in [0.2, 0.25) is 0 Å². The number of carbonyl (C=O) groups is 1. The van der Waals surface area contributed by atoms with E-state index >= 15 is 0 Å². The van der Waals surface area contributed by atoms with Gasteiger partial charge in [0.25, 0.3) is 5.91 Å². The van der Waals surface area contributed by atoms with Gasteiger partial charge in [-0.2, -0.15) is 0 Å². The summed E-state index contributed by atoms with van der Waals surface area (Å²) in [6, 6.07) is 14.6. The van der Waals surface area contributed by atoms with E-state index in [0.29, 0.717) is 17.5 Å². The van der Waals surface area contributed by atoms with Crippen LogP contribution in [0.4, 0.5) is 0 Å². The van der Waals surface area contributed by atoms with Crippen LogP contribution in [0.5, 0.6) is 5.75 Å². The van der Waals surface area contributed by atoms with Gasteiger partial charge in [-0.25, -0.2) is 0 Å². The van der Waals surface area contributed by atoms with Gasteiger partial charge in [0.15, 0.2) is 11.2 Å². The highest BCUT2D eigenvalue weighted by Gasteiger charge is 2.24. The van der Waals surface area contributed by atoms with Crippen molar-refractivity contribution < 1.29 is 13.9 Å². The Morgan fingerprint density at radius 3 is 2.57 bits per heavy atom. The quantitative estimate of drug-likeness (QED) is 0.676. The molecule has 3 aromatic rings. The summed E-state index contributed by atoms with van der Waals surface area (Å²) in [6.07, 6.45) is 2.30. The van der Waals surface area contributed by atoms with Gasteiger partial charge in [0.05, 0.1) is 18.5 Å². The van der Waals surface area contributed by atoms with Crippen molar-refractivity contribution in [1.82, 2.24) is 10.2 Å². The van der Waals surface area contributed by atoms with E-state index in [2.05, 4.69) is 10.2 Å². The molecule has 0 bridgehead atoms. The number of methoxy groups -OCH3 is 1. The Balaban J connectivity index is 1.54. The zero-order valence-corrected chi connectivity index (χ0v) is 17.3. The molecule has 1 N–H and O–H groups in total. The maximum Gasteiger partial charge on any atom is 0.287 e. The van der Waals surface area contributed by atoms with E-state index < -0.39 is 0 Å². The fraction of sp³-hybridized carbons (Fsp3) is 0.333. The van der Waals surface area contributed by atoms with Gasteiger partial charge in [-0.05, 0) is 62.7 Å². The summed E-state index contributed by atoms with van der Waals surface area (Å²) in [5.41, 5.74) is 2.30. The largest absolute Gasteiger partial charge is 0.497 e. The minimum atomic E-state index is -0.382. The van der Waals surface area contributed by atoms with Crippen LogP contribution < -0.4 is 15.5 Å². The number of ether oxygens (including phenoxy) is 1. The molecule has 1 aliphatic rings. The molecule has 1 saturated heterocycles. The van der Waals surface area contributed by atoms with E-state index in [9.17, 15) is 9.59 Å². The third-order valence-electron chi connectivity index (χ3n) is 5.64. The molecule has 30 heavy (non-hydrogen) atoms. The van der Waals surface area contributed by atoms with Gasteiger partial charge in [0.1, 0.15) is 11.3 Å². The fourth-order valence-electron chi connectivity index (χ4n) is 4.00. The SMILES string of the molecule is COc1ccc([C@H](CNC(=O)c2cc(=O)c3cc(C)ccc3o2)N2CCCC2)cc1. The van der Waals surface area contributed by atoms with Crippen LogP contribution in [0, 0.1) is 6.92 Å². The molecule has 1 fully saturated rings. The second kappa shape index (κ2) is 8.71. The molecule has 0 radical (unpaired) electrons. The maximum atomic E-state index is 12.8. The minimum absolute atomic E-state index is 0.0336. The van der Waals surface area contributed by atoms with Crippen molar-refractivity contribution in [2.24, 2.45) is 0 Å². The first-order valence-electron chi connectivity index (χ1n) is 10.3. The molecule has 4 rings (SSSR count).